The van der Waals surface area contributed by atoms with E-state index in [4.69, 9.17) is 0 Å². The van der Waals surface area contributed by atoms with Gasteiger partial charge in [0.1, 0.15) is 0 Å². The van der Waals surface area contributed by atoms with Gasteiger partial charge in [-0.25, -0.2) is 0 Å². The number of anilines is 2. The zero-order valence-corrected chi connectivity index (χ0v) is 15.7. The zero-order chi connectivity index (χ0) is 18.0. The number of benzene rings is 2. The van der Waals surface area contributed by atoms with E-state index in [1.165, 1.54) is 22.4 Å². The van der Waals surface area contributed by atoms with Crippen LogP contribution in [0.25, 0.3) is 0 Å². The van der Waals surface area contributed by atoms with Crippen LogP contribution in [-0.2, 0) is 4.79 Å². The van der Waals surface area contributed by atoms with Crippen LogP contribution < -0.4 is 10.2 Å². The number of carbonyl (C=O) groups is 1. The molecule has 1 aliphatic rings. The lowest BCUT2D eigenvalue weighted by molar-refractivity contribution is -0.119. The van der Waals surface area contributed by atoms with E-state index in [1.54, 1.807) is 0 Å². The molecular formula is C22H28N2O. The molecule has 2 aromatic carbocycles. The molecule has 3 nitrogen and oxygen atoms in total. The summed E-state index contributed by atoms with van der Waals surface area (Å²) in [7, 11) is 0. The first-order chi connectivity index (χ1) is 12.0. The summed E-state index contributed by atoms with van der Waals surface area (Å²) in [6, 6.07) is 15.2. The third-order valence-electron chi connectivity index (χ3n) is 5.11. The Labute approximate surface area is 151 Å². The highest BCUT2D eigenvalue weighted by Crippen LogP contribution is 2.41. The highest BCUT2D eigenvalue weighted by atomic mass is 16.2. The third kappa shape index (κ3) is 3.41. The van der Waals surface area contributed by atoms with Crippen molar-refractivity contribution in [2.24, 2.45) is 0 Å². The Kier molecular flexibility index (Phi) is 5.12. The minimum atomic E-state index is 0.189. The van der Waals surface area contributed by atoms with Gasteiger partial charge in [-0.1, -0.05) is 43.3 Å². The van der Waals surface area contributed by atoms with Crippen LogP contribution in [0, 0.1) is 13.8 Å². The van der Waals surface area contributed by atoms with Crippen molar-refractivity contribution in [2.75, 3.05) is 10.2 Å². The maximum absolute atomic E-state index is 12.7. The molecule has 1 amide bonds. The van der Waals surface area contributed by atoms with Gasteiger partial charge in [-0.2, -0.15) is 0 Å². The molecular weight excluding hydrogens is 308 g/mol. The normalized spacial score (nSPS) is 19.4. The number of rotatable bonds is 4. The zero-order valence-electron chi connectivity index (χ0n) is 15.7. The lowest BCUT2D eigenvalue weighted by Crippen LogP contribution is -2.44. The van der Waals surface area contributed by atoms with Gasteiger partial charge in [-0.05, 0) is 56.4 Å². The summed E-state index contributed by atoms with van der Waals surface area (Å²) < 4.78 is 0. The molecule has 132 valence electrons. The Balaban J connectivity index is 2.00. The van der Waals surface area contributed by atoms with Crippen molar-refractivity contribution in [2.45, 2.75) is 59.0 Å². The molecule has 25 heavy (non-hydrogen) atoms. The highest BCUT2D eigenvalue weighted by Gasteiger charge is 2.34. The lowest BCUT2D eigenvalue weighted by atomic mass is 9.89. The molecule has 1 N–H and O–H groups in total. The number of para-hydroxylation sites is 2. The average Bonchev–Trinajstić information content (AvgIpc) is 2.58. The highest BCUT2D eigenvalue weighted by molar-refractivity contribution is 5.96. The van der Waals surface area contributed by atoms with Crippen LogP contribution in [0.4, 0.5) is 11.4 Å². The summed E-state index contributed by atoms with van der Waals surface area (Å²) in [5.74, 6) is 0.236. The minimum absolute atomic E-state index is 0.189. The maximum Gasteiger partial charge on any atom is 0.227 e. The van der Waals surface area contributed by atoms with E-state index in [0.717, 1.165) is 18.5 Å². The van der Waals surface area contributed by atoms with E-state index in [0.29, 0.717) is 6.42 Å². The van der Waals surface area contributed by atoms with Gasteiger partial charge in [0.15, 0.2) is 0 Å². The quantitative estimate of drug-likeness (QED) is 0.812. The number of carbonyl (C=O) groups excluding carboxylic acids is 1. The number of nitrogens with zero attached hydrogens (tertiary/aromatic N) is 1. The molecule has 3 heteroatoms. The number of hydrogen-bond donors (Lipinski definition) is 1. The molecule has 0 saturated heterocycles. The first-order valence-electron chi connectivity index (χ1n) is 9.26. The van der Waals surface area contributed by atoms with Crippen LogP contribution >= 0.6 is 0 Å². The lowest BCUT2D eigenvalue weighted by Gasteiger charge is -2.41. The fourth-order valence-corrected chi connectivity index (χ4v) is 3.85. The summed E-state index contributed by atoms with van der Waals surface area (Å²) in [6.45, 7) is 8.46. The monoisotopic (exact) mass is 336 g/mol. The number of fused-ring (bicyclic) bond motifs is 1. The predicted octanol–water partition coefficient (Wildman–Crippen LogP) is 5.38. The summed E-state index contributed by atoms with van der Waals surface area (Å²) >= 11 is 0. The van der Waals surface area contributed by atoms with E-state index in [9.17, 15) is 4.79 Å². The molecule has 0 saturated carbocycles. The van der Waals surface area contributed by atoms with E-state index >= 15 is 0 Å². The first-order valence-corrected chi connectivity index (χ1v) is 9.26. The fourth-order valence-electron chi connectivity index (χ4n) is 3.85. The van der Waals surface area contributed by atoms with Crippen molar-refractivity contribution in [3.63, 3.8) is 0 Å². The van der Waals surface area contributed by atoms with Gasteiger partial charge < -0.3 is 10.2 Å². The summed E-state index contributed by atoms with van der Waals surface area (Å²) in [4.78, 5) is 14.8. The molecule has 2 unspecified atom stereocenters. The Hall–Kier alpha value is -2.29. The van der Waals surface area contributed by atoms with Crippen molar-refractivity contribution in [3.05, 3.63) is 59.2 Å². The van der Waals surface area contributed by atoms with E-state index < -0.39 is 0 Å². The second kappa shape index (κ2) is 7.30. The first kappa shape index (κ1) is 17.5. The van der Waals surface area contributed by atoms with Crippen LogP contribution in [0.5, 0.6) is 0 Å². The molecule has 0 fully saturated rings. The van der Waals surface area contributed by atoms with Crippen LogP contribution in [0.2, 0.25) is 0 Å². The molecule has 1 aliphatic heterocycles. The number of nitrogens with one attached hydrogen (secondary N) is 1. The summed E-state index contributed by atoms with van der Waals surface area (Å²) in [5, 5.41) is 3.72. The number of amides is 1. The van der Waals surface area contributed by atoms with Crippen molar-refractivity contribution >= 4 is 17.3 Å². The average molecular weight is 336 g/mol. The molecule has 1 heterocycles. The molecule has 0 spiro atoms. The van der Waals surface area contributed by atoms with Crippen molar-refractivity contribution in [3.8, 4) is 0 Å². The van der Waals surface area contributed by atoms with Crippen molar-refractivity contribution < 1.29 is 4.79 Å². The van der Waals surface area contributed by atoms with Gasteiger partial charge in [-0.15, -0.1) is 0 Å². The van der Waals surface area contributed by atoms with Crippen molar-refractivity contribution in [1.82, 2.24) is 0 Å². The second-order valence-electron chi connectivity index (χ2n) is 7.12. The Morgan fingerprint density at radius 2 is 1.84 bits per heavy atom. The minimum Gasteiger partial charge on any atom is -0.378 e. The molecule has 2 aromatic rings. The second-order valence-corrected chi connectivity index (χ2v) is 7.12. The van der Waals surface area contributed by atoms with Gasteiger partial charge in [0.2, 0.25) is 5.91 Å². The third-order valence-corrected chi connectivity index (χ3v) is 5.11. The van der Waals surface area contributed by atoms with Crippen LogP contribution in [0.3, 0.4) is 0 Å². The van der Waals surface area contributed by atoms with Crippen molar-refractivity contribution in [1.29, 1.82) is 0 Å². The topological polar surface area (TPSA) is 32.3 Å². The smallest absolute Gasteiger partial charge is 0.227 e. The molecule has 2 atom stereocenters. The standard InChI is InChI=1S/C22H28N2O/c1-5-9-21(25)24-17(4)14-20(18-12-8-11-16(3)22(18)24)23-19-13-7-6-10-15(19)2/h6-8,10-13,17,20,23H,5,9,14H2,1-4H3. The van der Waals surface area contributed by atoms with Gasteiger partial charge in [0.25, 0.3) is 0 Å². The maximum atomic E-state index is 12.7. The Morgan fingerprint density at radius 1 is 1.12 bits per heavy atom. The molecule has 0 aromatic heterocycles. The fraction of sp³-hybridized carbons (Fsp3) is 0.409. The van der Waals surface area contributed by atoms with E-state index in [-0.39, 0.29) is 18.0 Å². The molecule has 0 bridgehead atoms. The molecule has 0 aliphatic carbocycles. The summed E-state index contributed by atoms with van der Waals surface area (Å²) in [5.41, 5.74) is 5.91. The van der Waals surface area contributed by atoms with Gasteiger partial charge >= 0.3 is 0 Å². The Morgan fingerprint density at radius 3 is 2.56 bits per heavy atom. The molecule has 0 radical (unpaired) electrons. The SMILES string of the molecule is CCCC(=O)N1c2c(C)cccc2C(Nc2ccccc2C)CC1C. The van der Waals surface area contributed by atoms with Gasteiger partial charge in [0, 0.05) is 18.2 Å². The Bertz CT molecular complexity index is 768. The number of aryl methyl sites for hydroxylation is 2. The van der Waals surface area contributed by atoms with E-state index in [1.807, 2.05) is 4.90 Å². The van der Waals surface area contributed by atoms with Crippen LogP contribution in [0.1, 0.15) is 55.8 Å². The number of hydrogen-bond acceptors (Lipinski definition) is 2. The van der Waals surface area contributed by atoms with E-state index in [2.05, 4.69) is 75.5 Å². The summed E-state index contributed by atoms with van der Waals surface area (Å²) in [6.07, 6.45) is 2.41. The van der Waals surface area contributed by atoms with Crippen LogP contribution in [-0.4, -0.2) is 11.9 Å². The van der Waals surface area contributed by atoms with Crippen LogP contribution in [0.15, 0.2) is 42.5 Å². The van der Waals surface area contributed by atoms with Gasteiger partial charge in [-0.3, -0.25) is 4.79 Å². The largest absolute Gasteiger partial charge is 0.378 e. The van der Waals surface area contributed by atoms with Gasteiger partial charge in [0.05, 0.1) is 11.7 Å². The predicted molar refractivity (Wildman–Crippen MR) is 105 cm³/mol. The molecule has 3 rings (SSSR count).